The van der Waals surface area contributed by atoms with E-state index in [0.29, 0.717) is 15.3 Å². The predicted octanol–water partition coefficient (Wildman–Crippen LogP) is 5.40. The third-order valence-corrected chi connectivity index (χ3v) is 4.92. The van der Waals surface area contributed by atoms with E-state index in [9.17, 15) is 14.4 Å². The minimum atomic E-state index is -0.886. The van der Waals surface area contributed by atoms with E-state index in [1.165, 1.54) is 18.4 Å². The van der Waals surface area contributed by atoms with Gasteiger partial charge in [-0.2, -0.15) is 0 Å². The quantitative estimate of drug-likeness (QED) is 0.265. The number of esters is 1. The van der Waals surface area contributed by atoms with Crippen LogP contribution in [0.15, 0.2) is 36.4 Å². The largest absolute Gasteiger partial charge is 0.465 e. The number of hydrogen-bond acceptors (Lipinski definition) is 8. The van der Waals surface area contributed by atoms with E-state index < -0.39 is 35.3 Å². The van der Waals surface area contributed by atoms with E-state index in [1.54, 1.807) is 77.9 Å². The van der Waals surface area contributed by atoms with Crippen LogP contribution in [0.1, 0.15) is 51.2 Å². The van der Waals surface area contributed by atoms with Crippen LogP contribution in [0.2, 0.25) is 0 Å². The number of hydrogen-bond donors (Lipinski definition) is 2. The third kappa shape index (κ3) is 7.31. The molecule has 178 valence electrons. The summed E-state index contributed by atoms with van der Waals surface area (Å²) < 4.78 is 15.5. The van der Waals surface area contributed by atoms with Crippen molar-refractivity contribution in [3.63, 3.8) is 0 Å². The number of thiophene rings is 1. The Kier molecular flexibility index (Phi) is 7.86. The van der Waals surface area contributed by atoms with Gasteiger partial charge in [-0.25, -0.2) is 19.3 Å². The predicted molar refractivity (Wildman–Crippen MR) is 127 cm³/mol. The Morgan fingerprint density at radius 2 is 1.55 bits per heavy atom. The molecule has 0 radical (unpaired) electrons. The lowest BCUT2D eigenvalue weighted by atomic mass is 10.1. The van der Waals surface area contributed by atoms with Crippen LogP contribution < -0.4 is 10.2 Å². The van der Waals surface area contributed by atoms with E-state index in [2.05, 4.69) is 5.32 Å². The van der Waals surface area contributed by atoms with Crippen molar-refractivity contribution in [2.75, 3.05) is 12.0 Å². The molecule has 10 heteroatoms. The summed E-state index contributed by atoms with van der Waals surface area (Å²) in [7, 11) is 1.30. The number of carbonyl (C=O) groups excluding carboxylic acids is 3. The molecule has 2 aromatic rings. The van der Waals surface area contributed by atoms with Crippen molar-refractivity contribution in [1.29, 1.82) is 5.41 Å². The third-order valence-electron chi connectivity index (χ3n) is 3.82. The standard InChI is InChI=1S/C23H29N3O6S/c1-22(2,3)31-20(28)25-19(24)26(21(29)32-23(4,5)6)15-11-9-8-10-14(15)16-12-13-17(33-16)18(27)30-7/h8-13H,1-7H3,(H2,24,25,28). The minimum Gasteiger partial charge on any atom is -0.465 e. The molecule has 0 atom stereocenters. The molecule has 0 saturated heterocycles. The molecule has 0 aliphatic heterocycles. The van der Waals surface area contributed by atoms with Gasteiger partial charge < -0.3 is 14.2 Å². The lowest BCUT2D eigenvalue weighted by Crippen LogP contribution is -2.49. The highest BCUT2D eigenvalue weighted by atomic mass is 32.1. The first-order valence-electron chi connectivity index (χ1n) is 10.1. The van der Waals surface area contributed by atoms with Gasteiger partial charge in [0.25, 0.3) is 0 Å². The van der Waals surface area contributed by atoms with Crippen molar-refractivity contribution < 1.29 is 28.6 Å². The van der Waals surface area contributed by atoms with Gasteiger partial charge in [-0.15, -0.1) is 11.3 Å². The molecule has 0 unspecified atom stereocenters. The fourth-order valence-corrected chi connectivity index (χ4v) is 3.60. The van der Waals surface area contributed by atoms with Gasteiger partial charge in [0.05, 0.1) is 12.8 Å². The molecule has 1 aromatic heterocycles. The van der Waals surface area contributed by atoms with Crippen molar-refractivity contribution in [2.45, 2.75) is 52.7 Å². The summed E-state index contributed by atoms with van der Waals surface area (Å²) in [5.74, 6) is -1.03. The van der Waals surface area contributed by atoms with E-state index >= 15 is 0 Å². The fraction of sp³-hybridized carbons (Fsp3) is 0.391. The Morgan fingerprint density at radius 1 is 0.939 bits per heavy atom. The van der Waals surface area contributed by atoms with Crippen molar-refractivity contribution >= 4 is 41.1 Å². The molecular weight excluding hydrogens is 446 g/mol. The normalized spacial score (nSPS) is 11.4. The number of para-hydroxylation sites is 1. The van der Waals surface area contributed by atoms with E-state index in [-0.39, 0.29) is 5.69 Å². The lowest BCUT2D eigenvalue weighted by Gasteiger charge is -2.29. The number of nitrogens with zero attached hydrogens (tertiary/aromatic N) is 1. The first-order valence-corrected chi connectivity index (χ1v) is 10.9. The highest BCUT2D eigenvalue weighted by molar-refractivity contribution is 7.17. The number of benzene rings is 1. The molecule has 1 aromatic carbocycles. The SMILES string of the molecule is COC(=O)c1ccc(-c2ccccc2N(C(=N)NC(=O)OC(C)(C)C)C(=O)OC(C)(C)C)s1. The highest BCUT2D eigenvalue weighted by Crippen LogP contribution is 2.36. The van der Waals surface area contributed by atoms with E-state index in [4.69, 9.17) is 19.6 Å². The van der Waals surface area contributed by atoms with Crippen LogP contribution in [-0.2, 0) is 14.2 Å². The Labute approximate surface area is 197 Å². The number of alkyl carbamates (subject to hydrolysis) is 1. The van der Waals surface area contributed by atoms with Crippen LogP contribution in [0.4, 0.5) is 15.3 Å². The van der Waals surface area contributed by atoms with Gasteiger partial charge in [0.2, 0.25) is 5.96 Å². The van der Waals surface area contributed by atoms with Crippen molar-refractivity contribution in [3.8, 4) is 10.4 Å². The van der Waals surface area contributed by atoms with E-state index in [0.717, 1.165) is 4.90 Å². The summed E-state index contributed by atoms with van der Waals surface area (Å²) in [5, 5.41) is 10.8. The second-order valence-electron chi connectivity index (χ2n) is 8.96. The van der Waals surface area contributed by atoms with Crippen LogP contribution in [0.5, 0.6) is 0 Å². The molecule has 1 heterocycles. The van der Waals surface area contributed by atoms with Crippen molar-refractivity contribution in [2.24, 2.45) is 0 Å². The van der Waals surface area contributed by atoms with Gasteiger partial charge >= 0.3 is 18.2 Å². The van der Waals surface area contributed by atoms with Gasteiger partial charge in [-0.3, -0.25) is 10.7 Å². The number of methoxy groups -OCH3 is 1. The zero-order valence-corrected chi connectivity index (χ0v) is 20.6. The van der Waals surface area contributed by atoms with Gasteiger partial charge in [0, 0.05) is 10.4 Å². The fourth-order valence-electron chi connectivity index (χ4n) is 2.64. The first-order chi connectivity index (χ1) is 15.2. The number of rotatable bonds is 3. The summed E-state index contributed by atoms with van der Waals surface area (Å²) in [6, 6.07) is 10.1. The number of nitrogens with one attached hydrogen (secondary N) is 2. The molecular formula is C23H29N3O6S. The van der Waals surface area contributed by atoms with Gasteiger partial charge in [-0.05, 0) is 59.7 Å². The highest BCUT2D eigenvalue weighted by Gasteiger charge is 2.31. The van der Waals surface area contributed by atoms with Crippen LogP contribution in [-0.4, -0.2) is 42.4 Å². The Balaban J connectivity index is 2.50. The topological polar surface area (TPSA) is 118 Å². The minimum absolute atomic E-state index is 0.283. The summed E-state index contributed by atoms with van der Waals surface area (Å²) >= 11 is 1.17. The maximum Gasteiger partial charge on any atom is 0.421 e. The summed E-state index contributed by atoms with van der Waals surface area (Å²) in [6.07, 6.45) is -1.75. The Bertz CT molecular complexity index is 1050. The number of anilines is 1. The van der Waals surface area contributed by atoms with Crippen molar-refractivity contribution in [1.82, 2.24) is 5.32 Å². The van der Waals surface area contributed by atoms with Crippen LogP contribution >= 0.6 is 11.3 Å². The van der Waals surface area contributed by atoms with Gasteiger partial charge in [0.1, 0.15) is 16.1 Å². The van der Waals surface area contributed by atoms with Crippen molar-refractivity contribution in [3.05, 3.63) is 41.3 Å². The number of guanidine groups is 1. The molecule has 0 spiro atoms. The molecule has 0 bridgehead atoms. The average Bonchev–Trinajstić information content (AvgIpc) is 3.15. The second kappa shape index (κ2) is 10.0. The average molecular weight is 476 g/mol. The molecule has 2 rings (SSSR count). The zero-order valence-electron chi connectivity index (χ0n) is 19.8. The molecule has 0 saturated carbocycles. The molecule has 0 aliphatic carbocycles. The molecule has 33 heavy (non-hydrogen) atoms. The monoisotopic (exact) mass is 475 g/mol. The second-order valence-corrected chi connectivity index (χ2v) is 10.0. The summed E-state index contributed by atoms with van der Waals surface area (Å²) in [6.45, 7) is 10.2. The lowest BCUT2D eigenvalue weighted by molar-refractivity contribution is 0.0555. The molecule has 2 amide bonds. The summed E-state index contributed by atoms with van der Waals surface area (Å²) in [5.41, 5.74) is -0.803. The van der Waals surface area contributed by atoms with Gasteiger partial charge in [-0.1, -0.05) is 18.2 Å². The maximum atomic E-state index is 13.1. The van der Waals surface area contributed by atoms with E-state index in [1.807, 2.05) is 0 Å². The Morgan fingerprint density at radius 3 is 2.12 bits per heavy atom. The molecule has 9 nitrogen and oxygen atoms in total. The van der Waals surface area contributed by atoms with Crippen LogP contribution in [0, 0.1) is 5.41 Å². The number of carbonyl (C=O) groups is 3. The summed E-state index contributed by atoms with van der Waals surface area (Å²) in [4.78, 5) is 39.3. The number of ether oxygens (including phenoxy) is 3. The molecule has 0 aliphatic rings. The van der Waals surface area contributed by atoms with Crippen LogP contribution in [0.3, 0.4) is 0 Å². The Hall–Kier alpha value is -3.40. The smallest absolute Gasteiger partial charge is 0.421 e. The molecule has 0 fully saturated rings. The molecule has 2 N–H and O–H groups in total. The number of amides is 2. The maximum absolute atomic E-state index is 13.1. The van der Waals surface area contributed by atoms with Gasteiger partial charge in [0.15, 0.2) is 0 Å². The zero-order chi connectivity index (χ0) is 25.0. The first kappa shape index (κ1) is 25.9. The van der Waals surface area contributed by atoms with Crippen LogP contribution in [0.25, 0.3) is 10.4 Å².